The van der Waals surface area contributed by atoms with Crippen LogP contribution in [0.5, 0.6) is 0 Å². The third kappa shape index (κ3) is 5.70. The molecule has 2 atom stereocenters. The highest BCUT2D eigenvalue weighted by Crippen LogP contribution is 2.32. The summed E-state index contributed by atoms with van der Waals surface area (Å²) >= 11 is 0. The van der Waals surface area contributed by atoms with Gasteiger partial charge in [-0.3, -0.25) is 9.09 Å². The average molecular weight is 454 g/mol. The van der Waals surface area contributed by atoms with E-state index < -0.39 is 20.7 Å². The summed E-state index contributed by atoms with van der Waals surface area (Å²) in [7, 11) is -4.86. The Balaban J connectivity index is 1.39. The van der Waals surface area contributed by atoms with Crippen molar-refractivity contribution in [2.75, 3.05) is 12.0 Å². The fourth-order valence-corrected chi connectivity index (χ4v) is 3.41. The maximum atomic E-state index is 10.8. The van der Waals surface area contributed by atoms with Crippen molar-refractivity contribution in [2.45, 2.75) is 12.6 Å². The van der Waals surface area contributed by atoms with Crippen LogP contribution in [0, 0.1) is 0 Å². The van der Waals surface area contributed by atoms with E-state index in [4.69, 9.17) is 15.2 Å². The minimum absolute atomic E-state index is 0.428. The number of anilines is 2. The van der Waals surface area contributed by atoms with Crippen molar-refractivity contribution in [2.24, 2.45) is 5.73 Å². The van der Waals surface area contributed by atoms with Gasteiger partial charge in [-0.25, -0.2) is 4.98 Å². The molecule has 0 saturated carbocycles. The lowest BCUT2D eigenvalue weighted by atomic mass is 10.1. The summed E-state index contributed by atoms with van der Waals surface area (Å²) in [6, 6.07) is 15.4. The normalized spacial score (nSPS) is 17.7. The Morgan fingerprint density at radius 1 is 1.28 bits per heavy atom. The molecule has 1 aromatic carbocycles. The summed E-state index contributed by atoms with van der Waals surface area (Å²) in [6.45, 7) is -0.428. The fraction of sp³-hybridized carbons (Fsp3) is 0.143. The van der Waals surface area contributed by atoms with E-state index in [1.165, 1.54) is 4.90 Å². The molecule has 10 nitrogen and oxygen atoms in total. The van der Waals surface area contributed by atoms with E-state index >= 15 is 0 Å². The second-order valence-electron chi connectivity index (χ2n) is 7.05. The van der Waals surface area contributed by atoms with Gasteiger partial charge in [-0.05, 0) is 29.8 Å². The van der Waals surface area contributed by atoms with Gasteiger partial charge in [-0.1, -0.05) is 35.5 Å². The first-order valence-corrected chi connectivity index (χ1v) is 11.2. The standard InChI is InChI=1S/C21H22N5O5P/c22-21-18(7-4-10-26(21)14-30-32(27,28)29)19-12-17(25-31-19)11-15-8-9-20(23-13-15)24-16-5-2-1-3-6-16/h1-10,12-13,21H,11,14,22H2,(H,23,24)(H2,27,28,29)/p-1. The third-order valence-electron chi connectivity index (χ3n) is 4.70. The molecule has 2 unspecified atom stereocenters. The van der Waals surface area contributed by atoms with Gasteiger partial charge in [0, 0.05) is 36.1 Å². The van der Waals surface area contributed by atoms with Gasteiger partial charge < -0.3 is 30.3 Å². The quantitative estimate of drug-likeness (QED) is 0.433. The number of pyridine rings is 1. The SMILES string of the molecule is NC1C(c2cc(Cc3ccc(Nc4ccccc4)nc3)no2)=CC=CN1COP(=O)([O-])O. The van der Waals surface area contributed by atoms with Crippen molar-refractivity contribution in [1.82, 2.24) is 15.0 Å². The van der Waals surface area contributed by atoms with Crippen LogP contribution in [0.3, 0.4) is 0 Å². The highest BCUT2D eigenvalue weighted by atomic mass is 31.2. The zero-order chi connectivity index (χ0) is 22.6. The van der Waals surface area contributed by atoms with Crippen molar-refractivity contribution in [3.8, 4) is 0 Å². The molecule has 3 aromatic rings. The molecule has 4 N–H and O–H groups in total. The van der Waals surface area contributed by atoms with Gasteiger partial charge in [0.15, 0.2) is 5.76 Å². The molecular formula is C21H21N5O5P-. The van der Waals surface area contributed by atoms with Gasteiger partial charge >= 0.3 is 0 Å². The summed E-state index contributed by atoms with van der Waals surface area (Å²) < 4.78 is 20.7. The van der Waals surface area contributed by atoms with Crippen LogP contribution in [0.15, 0.2) is 77.6 Å². The lowest BCUT2D eigenvalue weighted by Crippen LogP contribution is -2.41. The Kier molecular flexibility index (Phi) is 6.50. The molecule has 0 bridgehead atoms. The number of nitrogens with zero attached hydrogens (tertiary/aromatic N) is 3. The summed E-state index contributed by atoms with van der Waals surface area (Å²) in [4.78, 5) is 25.5. The van der Waals surface area contributed by atoms with E-state index in [9.17, 15) is 9.46 Å². The molecule has 32 heavy (non-hydrogen) atoms. The van der Waals surface area contributed by atoms with Crippen molar-refractivity contribution in [3.63, 3.8) is 0 Å². The fourth-order valence-electron chi connectivity index (χ4n) is 3.13. The number of phosphoric ester groups is 1. The molecule has 0 aliphatic carbocycles. The van der Waals surface area contributed by atoms with Crippen LogP contribution in [0.4, 0.5) is 11.5 Å². The van der Waals surface area contributed by atoms with Gasteiger partial charge in [0.2, 0.25) is 0 Å². The minimum atomic E-state index is -4.86. The topological polar surface area (TPSA) is 150 Å². The number of nitrogens with two attached hydrogens (primary N) is 1. The second kappa shape index (κ2) is 9.47. The summed E-state index contributed by atoms with van der Waals surface area (Å²) in [5.74, 6) is 1.19. The van der Waals surface area contributed by atoms with Crippen LogP contribution in [0.2, 0.25) is 0 Å². The molecule has 0 spiro atoms. The smallest absolute Gasteiger partial charge is 0.266 e. The summed E-state index contributed by atoms with van der Waals surface area (Å²) in [5, 5.41) is 7.33. The zero-order valence-electron chi connectivity index (χ0n) is 16.9. The van der Waals surface area contributed by atoms with Crippen LogP contribution < -0.4 is 15.9 Å². The number of hydrogen-bond acceptors (Lipinski definition) is 9. The zero-order valence-corrected chi connectivity index (χ0v) is 17.8. The molecule has 0 fully saturated rings. The molecule has 1 aliphatic heterocycles. The van der Waals surface area contributed by atoms with E-state index in [2.05, 4.69) is 20.0 Å². The number of phosphoric acid groups is 1. The molecule has 2 aromatic heterocycles. The predicted octanol–water partition coefficient (Wildman–Crippen LogP) is 2.34. The largest absolute Gasteiger partial charge is 0.756 e. The number of allylic oxidation sites excluding steroid dienone is 2. The second-order valence-corrected chi connectivity index (χ2v) is 8.25. The van der Waals surface area contributed by atoms with Crippen molar-refractivity contribution < 1.29 is 23.4 Å². The first kappa shape index (κ1) is 21.9. The third-order valence-corrected chi connectivity index (χ3v) is 5.14. The van der Waals surface area contributed by atoms with Gasteiger partial charge in [-0.2, -0.15) is 0 Å². The van der Waals surface area contributed by atoms with Crippen LogP contribution in [-0.4, -0.2) is 32.8 Å². The number of para-hydroxylation sites is 1. The molecular weight excluding hydrogens is 433 g/mol. The van der Waals surface area contributed by atoms with E-state index in [0.717, 1.165) is 17.1 Å². The van der Waals surface area contributed by atoms with Gasteiger partial charge in [0.25, 0.3) is 7.82 Å². The van der Waals surface area contributed by atoms with E-state index in [1.807, 2.05) is 42.5 Å². The Morgan fingerprint density at radius 3 is 2.81 bits per heavy atom. The summed E-state index contributed by atoms with van der Waals surface area (Å²) in [5.41, 5.74) is 9.36. The highest BCUT2D eigenvalue weighted by Gasteiger charge is 2.23. The Labute approximate surface area is 184 Å². The number of hydrogen-bond donors (Lipinski definition) is 3. The summed E-state index contributed by atoms with van der Waals surface area (Å²) in [6.07, 6.45) is 6.50. The van der Waals surface area contributed by atoms with Crippen molar-refractivity contribution in [3.05, 3.63) is 90.1 Å². The molecule has 1 aliphatic rings. The monoisotopic (exact) mass is 454 g/mol. The van der Waals surface area contributed by atoms with E-state index in [1.54, 1.807) is 30.6 Å². The van der Waals surface area contributed by atoms with Crippen LogP contribution >= 0.6 is 7.82 Å². The Morgan fingerprint density at radius 2 is 2.09 bits per heavy atom. The van der Waals surface area contributed by atoms with E-state index in [-0.39, 0.29) is 0 Å². The van der Waals surface area contributed by atoms with Crippen LogP contribution in [0.1, 0.15) is 17.0 Å². The minimum Gasteiger partial charge on any atom is -0.756 e. The molecule has 0 amide bonds. The molecule has 3 heterocycles. The number of benzene rings is 1. The maximum absolute atomic E-state index is 10.8. The van der Waals surface area contributed by atoms with Crippen molar-refractivity contribution in [1.29, 1.82) is 0 Å². The van der Waals surface area contributed by atoms with E-state index in [0.29, 0.717) is 23.4 Å². The lowest BCUT2D eigenvalue weighted by Gasteiger charge is -2.31. The molecule has 0 radical (unpaired) electrons. The predicted molar refractivity (Wildman–Crippen MR) is 116 cm³/mol. The molecule has 0 saturated heterocycles. The van der Waals surface area contributed by atoms with Gasteiger partial charge in [0.1, 0.15) is 18.7 Å². The van der Waals surface area contributed by atoms with Crippen LogP contribution in [-0.2, 0) is 15.5 Å². The number of nitrogens with one attached hydrogen (secondary N) is 1. The molecule has 4 rings (SSSR count). The highest BCUT2D eigenvalue weighted by molar-refractivity contribution is 7.44. The Hall–Kier alpha value is -3.27. The first-order chi connectivity index (χ1) is 15.4. The Bertz CT molecular complexity index is 1160. The molecule has 11 heteroatoms. The number of rotatable bonds is 8. The lowest BCUT2D eigenvalue weighted by molar-refractivity contribution is -0.222. The van der Waals surface area contributed by atoms with Gasteiger partial charge in [0.05, 0.1) is 5.69 Å². The first-order valence-electron chi connectivity index (χ1n) is 9.68. The number of aromatic nitrogens is 2. The molecule has 166 valence electrons. The van der Waals surface area contributed by atoms with Crippen LogP contribution in [0.25, 0.3) is 5.57 Å². The van der Waals surface area contributed by atoms with Crippen molar-refractivity contribution >= 4 is 24.9 Å². The van der Waals surface area contributed by atoms with Gasteiger partial charge in [-0.15, -0.1) is 0 Å². The average Bonchev–Trinajstić information content (AvgIpc) is 3.23. The maximum Gasteiger partial charge on any atom is 0.266 e.